The Kier molecular flexibility index (Phi) is 5.30. The van der Waals surface area contributed by atoms with Crippen molar-refractivity contribution in [2.24, 2.45) is 0 Å². The lowest BCUT2D eigenvalue weighted by Crippen LogP contribution is -2.07. The third-order valence-corrected chi connectivity index (χ3v) is 4.96. The van der Waals surface area contributed by atoms with Gasteiger partial charge in [-0.05, 0) is 37.3 Å². The van der Waals surface area contributed by atoms with Crippen LogP contribution in [0.25, 0.3) is 5.69 Å². The van der Waals surface area contributed by atoms with Gasteiger partial charge in [0, 0.05) is 17.5 Å². The van der Waals surface area contributed by atoms with Crippen molar-refractivity contribution in [1.82, 2.24) is 15.0 Å². The van der Waals surface area contributed by atoms with Gasteiger partial charge in [0.2, 0.25) is 0 Å². The number of fused-ring (bicyclic) bond motifs is 1. The van der Waals surface area contributed by atoms with Gasteiger partial charge in [-0.2, -0.15) is 23.1 Å². The molecule has 0 fully saturated rings. The summed E-state index contributed by atoms with van der Waals surface area (Å²) in [4.78, 5) is 12.2. The summed E-state index contributed by atoms with van der Waals surface area (Å²) in [5, 5.41) is 17.5. The fourth-order valence-corrected chi connectivity index (χ4v) is 3.32. The number of hydrogen-bond donors (Lipinski definition) is 1. The number of carbonyl (C=O) groups is 1. The Morgan fingerprint density at radius 3 is 2.65 bits per heavy atom. The Hall–Kier alpha value is -3.56. The second-order valence-corrected chi connectivity index (χ2v) is 7.16. The highest BCUT2D eigenvalue weighted by atomic mass is 19.4. The van der Waals surface area contributed by atoms with Crippen molar-refractivity contribution in [3.8, 4) is 17.2 Å². The summed E-state index contributed by atoms with van der Waals surface area (Å²) in [7, 11) is 0. The first kappa shape index (κ1) is 20.7. The molecule has 1 aliphatic rings. The fraction of sp³-hybridized carbons (Fsp3) is 0.286. The van der Waals surface area contributed by atoms with Gasteiger partial charge in [-0.25, -0.2) is 0 Å². The number of carboxylic acids is 1. The van der Waals surface area contributed by atoms with Gasteiger partial charge >= 0.3 is 12.1 Å². The largest absolute Gasteiger partial charge is 0.492 e. The number of hydrogen-bond acceptors (Lipinski definition) is 5. The maximum Gasteiger partial charge on any atom is 0.416 e. The number of rotatable bonds is 6. The van der Waals surface area contributed by atoms with Crippen molar-refractivity contribution in [3.05, 3.63) is 65.0 Å². The number of halogens is 3. The second-order valence-electron chi connectivity index (χ2n) is 7.16. The van der Waals surface area contributed by atoms with Crippen molar-refractivity contribution < 1.29 is 32.5 Å². The highest BCUT2D eigenvalue weighted by molar-refractivity contribution is 5.68. The van der Waals surface area contributed by atoms with Crippen molar-refractivity contribution in [1.29, 1.82) is 0 Å². The van der Waals surface area contributed by atoms with Crippen LogP contribution in [0.4, 0.5) is 13.2 Å². The Morgan fingerprint density at radius 2 is 1.97 bits per heavy atom. The Labute approximate surface area is 175 Å². The van der Waals surface area contributed by atoms with Crippen molar-refractivity contribution >= 4 is 5.97 Å². The molecular weight excluding hydrogens is 415 g/mol. The van der Waals surface area contributed by atoms with Crippen LogP contribution in [0.3, 0.4) is 0 Å². The number of benzene rings is 2. The van der Waals surface area contributed by atoms with Crippen LogP contribution in [0, 0.1) is 6.92 Å². The predicted octanol–water partition coefficient (Wildman–Crippen LogP) is 4.12. The number of aliphatic carboxylic acids is 1. The molecule has 162 valence electrons. The summed E-state index contributed by atoms with van der Waals surface area (Å²) in [5.41, 5.74) is 1.61. The van der Waals surface area contributed by atoms with Gasteiger partial charge in [0.15, 0.2) is 0 Å². The van der Waals surface area contributed by atoms with Crippen molar-refractivity contribution in [2.75, 3.05) is 6.61 Å². The first-order chi connectivity index (χ1) is 14.7. The molecule has 0 saturated carbocycles. The molecule has 1 unspecified atom stereocenters. The lowest BCUT2D eigenvalue weighted by Gasteiger charge is -2.08. The highest BCUT2D eigenvalue weighted by Gasteiger charge is 2.30. The molecular formula is C21H18F3N3O4. The SMILES string of the molecule is Cc1nn(-c2ccc(C(F)(F)F)cc2)nc1COc1ccc2c(c1)OCC2CC(=O)O. The summed E-state index contributed by atoms with van der Waals surface area (Å²) >= 11 is 0. The van der Waals surface area contributed by atoms with Crippen molar-refractivity contribution in [2.45, 2.75) is 32.0 Å². The number of carboxylic acid groups (broad SMARTS) is 1. The van der Waals surface area contributed by atoms with Crippen LogP contribution in [-0.2, 0) is 17.6 Å². The van der Waals surface area contributed by atoms with Gasteiger partial charge in [0.05, 0.1) is 30.0 Å². The normalized spacial score (nSPS) is 15.4. The average Bonchev–Trinajstić information content (AvgIpc) is 3.28. The number of ether oxygens (including phenoxy) is 2. The van der Waals surface area contributed by atoms with E-state index in [1.807, 2.05) is 0 Å². The molecule has 3 aromatic rings. The maximum absolute atomic E-state index is 12.7. The van der Waals surface area contributed by atoms with Crippen LogP contribution in [0.5, 0.6) is 11.5 Å². The van der Waals surface area contributed by atoms with E-state index in [9.17, 15) is 18.0 Å². The lowest BCUT2D eigenvalue weighted by atomic mass is 9.98. The molecule has 0 spiro atoms. The summed E-state index contributed by atoms with van der Waals surface area (Å²) in [6.07, 6.45) is -4.41. The summed E-state index contributed by atoms with van der Waals surface area (Å²) in [5.74, 6) is 0.0490. The molecule has 1 atom stereocenters. The van der Waals surface area contributed by atoms with Crippen LogP contribution < -0.4 is 9.47 Å². The molecule has 4 rings (SSSR count). The van der Waals surface area contributed by atoms with Crippen LogP contribution in [0.15, 0.2) is 42.5 Å². The minimum atomic E-state index is -4.40. The Balaban J connectivity index is 1.44. The molecule has 0 amide bonds. The number of nitrogens with zero attached hydrogens (tertiary/aromatic N) is 3. The van der Waals surface area contributed by atoms with Gasteiger partial charge in [0.1, 0.15) is 23.8 Å². The minimum absolute atomic E-state index is 0.000543. The van der Waals surface area contributed by atoms with E-state index >= 15 is 0 Å². The number of aryl methyl sites for hydroxylation is 1. The van der Waals surface area contributed by atoms with Gasteiger partial charge in [0.25, 0.3) is 0 Å². The molecule has 7 nitrogen and oxygen atoms in total. The zero-order chi connectivity index (χ0) is 22.2. The zero-order valence-corrected chi connectivity index (χ0v) is 16.4. The van der Waals surface area contributed by atoms with Crippen LogP contribution in [0.2, 0.25) is 0 Å². The second kappa shape index (κ2) is 7.93. The average molecular weight is 433 g/mol. The molecule has 0 aliphatic carbocycles. The first-order valence-corrected chi connectivity index (χ1v) is 9.42. The fourth-order valence-electron chi connectivity index (χ4n) is 3.32. The smallest absolute Gasteiger partial charge is 0.416 e. The van der Waals surface area contributed by atoms with Gasteiger partial charge in [-0.1, -0.05) is 6.07 Å². The van der Waals surface area contributed by atoms with E-state index in [1.165, 1.54) is 16.9 Å². The topological polar surface area (TPSA) is 86.5 Å². The molecule has 1 aromatic heterocycles. The molecule has 10 heteroatoms. The lowest BCUT2D eigenvalue weighted by molar-refractivity contribution is -0.138. The third-order valence-electron chi connectivity index (χ3n) is 4.96. The predicted molar refractivity (Wildman–Crippen MR) is 102 cm³/mol. The van der Waals surface area contributed by atoms with Gasteiger partial charge in [-0.3, -0.25) is 4.79 Å². The van der Waals surface area contributed by atoms with Crippen LogP contribution in [0.1, 0.15) is 34.9 Å². The van der Waals surface area contributed by atoms with E-state index in [0.717, 1.165) is 17.7 Å². The molecule has 1 N–H and O–H groups in total. The van der Waals surface area contributed by atoms with E-state index in [2.05, 4.69) is 10.2 Å². The third kappa shape index (κ3) is 4.47. The number of aromatic nitrogens is 3. The zero-order valence-electron chi connectivity index (χ0n) is 16.4. The Morgan fingerprint density at radius 1 is 1.23 bits per heavy atom. The molecule has 0 bridgehead atoms. The molecule has 2 heterocycles. The Bertz CT molecular complexity index is 1110. The minimum Gasteiger partial charge on any atom is -0.492 e. The number of alkyl halides is 3. The molecule has 0 saturated heterocycles. The van der Waals surface area contributed by atoms with E-state index in [1.54, 1.807) is 25.1 Å². The van der Waals surface area contributed by atoms with E-state index in [-0.39, 0.29) is 18.9 Å². The summed E-state index contributed by atoms with van der Waals surface area (Å²) < 4.78 is 49.5. The van der Waals surface area contributed by atoms with Crippen LogP contribution in [-0.4, -0.2) is 32.7 Å². The quantitative estimate of drug-likeness (QED) is 0.629. The standard InChI is InChI=1S/C21H18F3N3O4/c1-12-18(26-27(25-12)15-4-2-14(3-5-15)21(22,23)24)11-30-16-6-7-17-13(8-20(28)29)10-31-19(17)9-16/h2-7,9,13H,8,10-11H2,1H3,(H,28,29). The van der Waals surface area contributed by atoms with Gasteiger partial charge < -0.3 is 14.6 Å². The summed E-state index contributed by atoms with van der Waals surface area (Å²) in [6.45, 7) is 2.14. The summed E-state index contributed by atoms with van der Waals surface area (Å²) in [6, 6.07) is 9.79. The highest BCUT2D eigenvalue weighted by Crippen LogP contribution is 2.38. The van der Waals surface area contributed by atoms with Gasteiger partial charge in [-0.15, -0.1) is 5.10 Å². The monoisotopic (exact) mass is 433 g/mol. The first-order valence-electron chi connectivity index (χ1n) is 9.42. The molecule has 31 heavy (non-hydrogen) atoms. The van der Waals surface area contributed by atoms with Crippen LogP contribution >= 0.6 is 0 Å². The molecule has 0 radical (unpaired) electrons. The maximum atomic E-state index is 12.7. The molecule has 1 aliphatic heterocycles. The molecule has 2 aromatic carbocycles. The van der Waals surface area contributed by atoms with E-state index in [4.69, 9.17) is 14.6 Å². The van der Waals surface area contributed by atoms with Crippen molar-refractivity contribution in [3.63, 3.8) is 0 Å². The van der Waals surface area contributed by atoms with E-state index in [0.29, 0.717) is 35.2 Å². The van der Waals surface area contributed by atoms with E-state index < -0.39 is 17.7 Å².